The molecule has 1 amide bonds. The predicted molar refractivity (Wildman–Crippen MR) is 73.7 cm³/mol. The molecule has 6 heteroatoms. The van der Waals surface area contributed by atoms with Gasteiger partial charge in [0.05, 0.1) is 5.56 Å². The Balaban J connectivity index is 2.09. The molecule has 5 nitrogen and oxygen atoms in total. The quantitative estimate of drug-likeness (QED) is 0.914. The van der Waals surface area contributed by atoms with Crippen LogP contribution >= 0.6 is 15.9 Å². The molecular weight excluding hydrogens is 296 g/mol. The van der Waals surface area contributed by atoms with E-state index in [1.54, 1.807) is 31.4 Å². The highest BCUT2D eigenvalue weighted by Crippen LogP contribution is 2.12. The van der Waals surface area contributed by atoms with E-state index >= 15 is 0 Å². The second kappa shape index (κ2) is 5.59. The number of rotatable bonds is 3. The number of halogens is 1. The third kappa shape index (κ3) is 3.04. The van der Waals surface area contributed by atoms with Crippen LogP contribution in [-0.4, -0.2) is 22.9 Å². The first-order chi connectivity index (χ1) is 8.69. The second-order valence-electron chi connectivity index (χ2n) is 3.50. The first-order valence-corrected chi connectivity index (χ1v) is 6.05. The molecular formula is C12H11BrN4O. The summed E-state index contributed by atoms with van der Waals surface area (Å²) in [6.45, 7) is 0. The predicted octanol–water partition coefficient (Wildman–Crippen LogP) is 2.53. The standard InChI is InChI=1S/C12H11BrN4O/c1-14-10-4-2-8(6-15-10)12(18)17-11-5-3-9(13)7-16-11/h2-7H,1H3,(H,14,15)(H,16,17,18). The van der Waals surface area contributed by atoms with E-state index in [0.29, 0.717) is 17.2 Å². The molecule has 0 spiro atoms. The topological polar surface area (TPSA) is 66.9 Å². The van der Waals surface area contributed by atoms with Crippen molar-refractivity contribution in [3.05, 3.63) is 46.7 Å². The molecule has 0 aliphatic carbocycles. The molecule has 92 valence electrons. The molecule has 0 aliphatic heterocycles. The number of carbonyl (C=O) groups excluding carboxylic acids is 1. The monoisotopic (exact) mass is 306 g/mol. The zero-order valence-electron chi connectivity index (χ0n) is 9.64. The maximum absolute atomic E-state index is 11.9. The highest BCUT2D eigenvalue weighted by Gasteiger charge is 2.07. The van der Waals surface area contributed by atoms with Gasteiger partial charge in [-0.05, 0) is 40.2 Å². The summed E-state index contributed by atoms with van der Waals surface area (Å²) in [7, 11) is 1.77. The van der Waals surface area contributed by atoms with E-state index in [2.05, 4.69) is 36.5 Å². The van der Waals surface area contributed by atoms with Gasteiger partial charge in [0.25, 0.3) is 5.91 Å². The number of nitrogens with zero attached hydrogens (tertiary/aromatic N) is 2. The number of amides is 1. The van der Waals surface area contributed by atoms with Crippen LogP contribution in [0.3, 0.4) is 0 Å². The van der Waals surface area contributed by atoms with Crippen molar-refractivity contribution >= 4 is 33.5 Å². The van der Waals surface area contributed by atoms with Crippen molar-refractivity contribution in [1.82, 2.24) is 9.97 Å². The molecule has 0 radical (unpaired) electrons. The minimum atomic E-state index is -0.236. The fourth-order valence-electron chi connectivity index (χ4n) is 1.31. The molecule has 0 bridgehead atoms. The van der Waals surface area contributed by atoms with Gasteiger partial charge in [-0.25, -0.2) is 9.97 Å². The third-order valence-electron chi connectivity index (χ3n) is 2.25. The van der Waals surface area contributed by atoms with Crippen LogP contribution in [0.5, 0.6) is 0 Å². The average Bonchev–Trinajstić information content (AvgIpc) is 2.41. The molecule has 0 unspecified atom stereocenters. The van der Waals surface area contributed by atoms with Crippen LogP contribution in [0.4, 0.5) is 11.6 Å². The SMILES string of the molecule is CNc1ccc(C(=O)Nc2ccc(Br)cn2)cn1. The molecule has 2 aromatic rings. The lowest BCUT2D eigenvalue weighted by Gasteiger charge is -2.05. The lowest BCUT2D eigenvalue weighted by molar-refractivity contribution is 0.102. The van der Waals surface area contributed by atoms with Crippen LogP contribution < -0.4 is 10.6 Å². The Kier molecular flexibility index (Phi) is 3.88. The van der Waals surface area contributed by atoms with E-state index in [9.17, 15) is 4.79 Å². The normalized spacial score (nSPS) is 9.89. The Morgan fingerprint density at radius 2 is 1.83 bits per heavy atom. The van der Waals surface area contributed by atoms with Crippen molar-refractivity contribution in [2.45, 2.75) is 0 Å². The van der Waals surface area contributed by atoms with Gasteiger partial charge in [-0.15, -0.1) is 0 Å². The Bertz CT molecular complexity index is 539. The summed E-state index contributed by atoms with van der Waals surface area (Å²) in [6, 6.07) is 6.97. The summed E-state index contributed by atoms with van der Waals surface area (Å²) in [5.74, 6) is 0.981. The number of pyridine rings is 2. The minimum absolute atomic E-state index is 0.236. The van der Waals surface area contributed by atoms with Crippen molar-refractivity contribution in [3.63, 3.8) is 0 Å². The van der Waals surface area contributed by atoms with E-state index in [0.717, 1.165) is 4.47 Å². The van der Waals surface area contributed by atoms with Crippen molar-refractivity contribution in [1.29, 1.82) is 0 Å². The molecule has 18 heavy (non-hydrogen) atoms. The lowest BCUT2D eigenvalue weighted by Crippen LogP contribution is -2.13. The Morgan fingerprint density at radius 1 is 1.11 bits per heavy atom. The Hall–Kier alpha value is -1.95. The number of hydrogen-bond donors (Lipinski definition) is 2. The largest absolute Gasteiger partial charge is 0.373 e. The Labute approximate surface area is 113 Å². The first-order valence-electron chi connectivity index (χ1n) is 5.26. The average molecular weight is 307 g/mol. The van der Waals surface area contributed by atoms with Gasteiger partial charge in [0, 0.05) is 23.9 Å². The zero-order valence-corrected chi connectivity index (χ0v) is 11.2. The molecule has 0 saturated heterocycles. The lowest BCUT2D eigenvalue weighted by atomic mass is 10.2. The smallest absolute Gasteiger partial charge is 0.258 e. The van der Waals surface area contributed by atoms with Crippen LogP contribution in [0.25, 0.3) is 0 Å². The third-order valence-corrected chi connectivity index (χ3v) is 2.72. The molecule has 2 heterocycles. The molecule has 0 atom stereocenters. The van der Waals surface area contributed by atoms with Crippen molar-refractivity contribution in [3.8, 4) is 0 Å². The van der Waals surface area contributed by atoms with Gasteiger partial charge in [0.2, 0.25) is 0 Å². The van der Waals surface area contributed by atoms with Crippen molar-refractivity contribution in [2.24, 2.45) is 0 Å². The molecule has 2 rings (SSSR count). The Morgan fingerprint density at radius 3 is 2.39 bits per heavy atom. The first kappa shape index (κ1) is 12.5. The van der Waals surface area contributed by atoms with Crippen LogP contribution in [0.1, 0.15) is 10.4 Å². The summed E-state index contributed by atoms with van der Waals surface area (Å²) < 4.78 is 0.862. The number of hydrogen-bond acceptors (Lipinski definition) is 4. The van der Waals surface area contributed by atoms with E-state index < -0.39 is 0 Å². The summed E-state index contributed by atoms with van der Waals surface area (Å²) >= 11 is 3.28. The van der Waals surface area contributed by atoms with Gasteiger partial charge in [0.15, 0.2) is 0 Å². The molecule has 0 aliphatic rings. The van der Waals surface area contributed by atoms with Crippen molar-refractivity contribution in [2.75, 3.05) is 17.7 Å². The molecule has 0 aromatic carbocycles. The molecule has 0 fully saturated rings. The van der Waals surface area contributed by atoms with Crippen LogP contribution in [-0.2, 0) is 0 Å². The highest BCUT2D eigenvalue weighted by atomic mass is 79.9. The number of carbonyl (C=O) groups is 1. The molecule has 2 N–H and O–H groups in total. The van der Waals surface area contributed by atoms with Gasteiger partial charge < -0.3 is 10.6 Å². The summed E-state index contributed by atoms with van der Waals surface area (Å²) in [4.78, 5) is 20.0. The maximum atomic E-state index is 11.9. The second-order valence-corrected chi connectivity index (χ2v) is 4.41. The summed E-state index contributed by atoms with van der Waals surface area (Å²) in [5.41, 5.74) is 0.485. The number of aromatic nitrogens is 2. The van der Waals surface area contributed by atoms with E-state index in [1.807, 2.05) is 6.07 Å². The van der Waals surface area contributed by atoms with E-state index in [4.69, 9.17) is 0 Å². The fraction of sp³-hybridized carbons (Fsp3) is 0.0833. The van der Waals surface area contributed by atoms with Crippen LogP contribution in [0, 0.1) is 0 Å². The molecule has 0 saturated carbocycles. The zero-order chi connectivity index (χ0) is 13.0. The van der Waals surface area contributed by atoms with Gasteiger partial charge in [-0.1, -0.05) is 0 Å². The van der Waals surface area contributed by atoms with Crippen LogP contribution in [0.2, 0.25) is 0 Å². The van der Waals surface area contributed by atoms with E-state index in [-0.39, 0.29) is 5.91 Å². The van der Waals surface area contributed by atoms with Crippen molar-refractivity contribution < 1.29 is 4.79 Å². The van der Waals surface area contributed by atoms with Gasteiger partial charge in [-0.3, -0.25) is 4.79 Å². The molecule has 2 aromatic heterocycles. The minimum Gasteiger partial charge on any atom is -0.373 e. The summed E-state index contributed by atoms with van der Waals surface area (Å²) in [6.07, 6.45) is 3.14. The van der Waals surface area contributed by atoms with Gasteiger partial charge >= 0.3 is 0 Å². The fourth-order valence-corrected chi connectivity index (χ4v) is 1.55. The maximum Gasteiger partial charge on any atom is 0.258 e. The van der Waals surface area contributed by atoms with E-state index in [1.165, 1.54) is 6.20 Å². The number of nitrogens with one attached hydrogen (secondary N) is 2. The number of anilines is 2. The van der Waals surface area contributed by atoms with Gasteiger partial charge in [0.1, 0.15) is 11.6 Å². The highest BCUT2D eigenvalue weighted by molar-refractivity contribution is 9.10. The van der Waals surface area contributed by atoms with Crippen LogP contribution in [0.15, 0.2) is 41.1 Å². The summed E-state index contributed by atoms with van der Waals surface area (Å²) in [5, 5.41) is 5.58. The van der Waals surface area contributed by atoms with Gasteiger partial charge in [-0.2, -0.15) is 0 Å².